The van der Waals surface area contributed by atoms with Crippen molar-refractivity contribution in [2.75, 3.05) is 0 Å². The third-order valence-corrected chi connectivity index (χ3v) is 2.11. The molecule has 0 aromatic heterocycles. The van der Waals surface area contributed by atoms with Crippen molar-refractivity contribution in [2.24, 2.45) is 0 Å². The quantitative estimate of drug-likeness (QED) is 0.542. The highest BCUT2D eigenvalue weighted by Crippen LogP contribution is 2.07. The Hall–Kier alpha value is -1.10. The van der Waals surface area contributed by atoms with Crippen molar-refractivity contribution in [1.29, 1.82) is 0 Å². The van der Waals surface area contributed by atoms with Crippen LogP contribution in [0, 0.1) is 0 Å². The molecular formula is C10H19NO4. The van der Waals surface area contributed by atoms with Gasteiger partial charge in [-0.25, -0.2) is 4.79 Å². The monoisotopic (exact) mass is 217 g/mol. The summed E-state index contributed by atoms with van der Waals surface area (Å²) in [5.41, 5.74) is 0. The van der Waals surface area contributed by atoms with Crippen LogP contribution in [-0.2, 0) is 9.59 Å². The number of carboxylic acids is 1. The lowest BCUT2D eigenvalue weighted by molar-refractivity contribution is -0.145. The van der Waals surface area contributed by atoms with Gasteiger partial charge in [0.05, 0.1) is 6.10 Å². The molecule has 0 fully saturated rings. The summed E-state index contributed by atoms with van der Waals surface area (Å²) >= 11 is 0. The molecule has 1 amide bonds. The molecule has 15 heavy (non-hydrogen) atoms. The van der Waals surface area contributed by atoms with E-state index >= 15 is 0 Å². The number of carboxylic acid groups (broad SMARTS) is 1. The number of aliphatic hydroxyl groups is 1. The first-order valence-electron chi connectivity index (χ1n) is 5.17. The van der Waals surface area contributed by atoms with Crippen molar-refractivity contribution >= 4 is 11.9 Å². The Balaban J connectivity index is 4.10. The highest BCUT2D eigenvalue weighted by atomic mass is 16.4. The highest BCUT2D eigenvalue weighted by Gasteiger charge is 2.26. The first-order chi connectivity index (χ1) is 6.99. The second-order valence-electron chi connectivity index (χ2n) is 3.58. The first kappa shape index (κ1) is 13.9. The van der Waals surface area contributed by atoms with Gasteiger partial charge in [0.2, 0.25) is 5.91 Å². The molecule has 3 N–H and O–H groups in total. The van der Waals surface area contributed by atoms with Crippen molar-refractivity contribution in [2.45, 2.75) is 51.7 Å². The van der Waals surface area contributed by atoms with Crippen LogP contribution in [0.15, 0.2) is 0 Å². The number of hydrogen-bond donors (Lipinski definition) is 3. The van der Waals surface area contributed by atoms with E-state index in [0.29, 0.717) is 6.42 Å². The van der Waals surface area contributed by atoms with E-state index in [1.807, 2.05) is 6.92 Å². The third kappa shape index (κ3) is 6.06. The number of aliphatic carboxylic acids is 1. The number of carbonyl (C=O) groups is 2. The summed E-state index contributed by atoms with van der Waals surface area (Å²) in [5, 5.41) is 20.6. The standard InChI is InChI=1S/C10H19NO4/c1-3-4-5-6-8(13)9(10(14)15)11-7(2)12/h8-9,13H,3-6H2,1-2H3,(H,11,12)(H,14,15). The fourth-order valence-corrected chi connectivity index (χ4v) is 1.31. The molecule has 88 valence electrons. The van der Waals surface area contributed by atoms with Gasteiger partial charge in [-0.1, -0.05) is 26.2 Å². The molecule has 0 saturated carbocycles. The lowest BCUT2D eigenvalue weighted by Crippen LogP contribution is -2.48. The molecule has 0 aromatic carbocycles. The van der Waals surface area contributed by atoms with Gasteiger partial charge in [0.1, 0.15) is 0 Å². The third-order valence-electron chi connectivity index (χ3n) is 2.11. The molecule has 0 aromatic rings. The minimum absolute atomic E-state index is 0.394. The molecule has 0 spiro atoms. The minimum Gasteiger partial charge on any atom is -0.480 e. The van der Waals surface area contributed by atoms with Crippen molar-refractivity contribution in [3.63, 3.8) is 0 Å². The van der Waals surface area contributed by atoms with Crippen LogP contribution < -0.4 is 5.32 Å². The van der Waals surface area contributed by atoms with Gasteiger partial charge in [-0.15, -0.1) is 0 Å². The van der Waals surface area contributed by atoms with Gasteiger partial charge in [0.15, 0.2) is 6.04 Å². The Bertz CT molecular complexity index is 217. The van der Waals surface area contributed by atoms with E-state index in [4.69, 9.17) is 5.11 Å². The first-order valence-corrected chi connectivity index (χ1v) is 5.17. The number of nitrogens with one attached hydrogen (secondary N) is 1. The summed E-state index contributed by atoms with van der Waals surface area (Å²) in [6.07, 6.45) is 2.10. The highest BCUT2D eigenvalue weighted by molar-refractivity contribution is 5.82. The van der Waals surface area contributed by atoms with Crippen LogP contribution in [0.1, 0.15) is 39.5 Å². The molecule has 0 aliphatic heterocycles. The van der Waals surface area contributed by atoms with E-state index in [2.05, 4.69) is 5.32 Å². The number of unbranched alkanes of at least 4 members (excludes halogenated alkanes) is 2. The lowest BCUT2D eigenvalue weighted by atomic mass is 10.0. The topological polar surface area (TPSA) is 86.6 Å². The zero-order valence-corrected chi connectivity index (χ0v) is 9.19. The van der Waals surface area contributed by atoms with E-state index in [-0.39, 0.29) is 0 Å². The number of rotatable bonds is 7. The van der Waals surface area contributed by atoms with Gasteiger partial charge in [-0.3, -0.25) is 4.79 Å². The number of amides is 1. The maximum atomic E-state index is 10.7. The van der Waals surface area contributed by atoms with Crippen LogP contribution in [0.4, 0.5) is 0 Å². The second-order valence-corrected chi connectivity index (χ2v) is 3.58. The van der Waals surface area contributed by atoms with Crippen molar-refractivity contribution in [3.8, 4) is 0 Å². The average molecular weight is 217 g/mol. The van der Waals surface area contributed by atoms with Crippen LogP contribution in [0.2, 0.25) is 0 Å². The molecule has 5 nitrogen and oxygen atoms in total. The van der Waals surface area contributed by atoms with Crippen molar-refractivity contribution in [1.82, 2.24) is 5.32 Å². The molecule has 2 atom stereocenters. The fourth-order valence-electron chi connectivity index (χ4n) is 1.31. The molecule has 0 radical (unpaired) electrons. The second kappa shape index (κ2) is 7.23. The summed E-state index contributed by atoms with van der Waals surface area (Å²) in [6.45, 7) is 3.25. The summed E-state index contributed by atoms with van der Waals surface area (Å²) in [5.74, 6) is -1.65. The van der Waals surface area contributed by atoms with Gasteiger partial charge in [-0.05, 0) is 6.42 Å². The molecule has 0 aliphatic carbocycles. The van der Waals surface area contributed by atoms with Gasteiger partial charge >= 0.3 is 5.97 Å². The predicted octanol–water partition coefficient (Wildman–Crippen LogP) is 0.517. The van der Waals surface area contributed by atoms with Gasteiger partial charge in [0.25, 0.3) is 0 Å². The van der Waals surface area contributed by atoms with E-state index < -0.39 is 24.0 Å². The summed E-state index contributed by atoms with van der Waals surface area (Å²) in [6, 6.07) is -1.20. The van der Waals surface area contributed by atoms with Crippen molar-refractivity contribution in [3.05, 3.63) is 0 Å². The normalized spacial score (nSPS) is 14.3. The van der Waals surface area contributed by atoms with Crippen molar-refractivity contribution < 1.29 is 19.8 Å². The molecule has 2 unspecified atom stereocenters. The zero-order valence-electron chi connectivity index (χ0n) is 9.19. The molecule has 5 heteroatoms. The Morgan fingerprint density at radius 2 is 1.93 bits per heavy atom. The minimum atomic E-state index is -1.20. The lowest BCUT2D eigenvalue weighted by Gasteiger charge is -2.19. The Kier molecular flexibility index (Phi) is 6.70. The molecule has 0 heterocycles. The van der Waals surface area contributed by atoms with Crippen LogP contribution in [0.25, 0.3) is 0 Å². The summed E-state index contributed by atoms with van der Waals surface area (Å²) < 4.78 is 0. The Labute approximate surface area is 89.5 Å². The van der Waals surface area contributed by atoms with Crippen LogP contribution in [0.3, 0.4) is 0 Å². The van der Waals surface area contributed by atoms with Gasteiger partial charge in [-0.2, -0.15) is 0 Å². The summed E-state index contributed by atoms with van der Waals surface area (Å²) in [4.78, 5) is 21.4. The number of hydrogen-bond acceptors (Lipinski definition) is 3. The number of carbonyl (C=O) groups excluding carboxylic acids is 1. The smallest absolute Gasteiger partial charge is 0.328 e. The van der Waals surface area contributed by atoms with Crippen LogP contribution >= 0.6 is 0 Å². The van der Waals surface area contributed by atoms with E-state index in [9.17, 15) is 14.7 Å². The molecule has 0 aliphatic rings. The summed E-state index contributed by atoms with van der Waals surface area (Å²) in [7, 11) is 0. The van der Waals surface area contributed by atoms with Gasteiger partial charge in [0, 0.05) is 6.92 Å². The largest absolute Gasteiger partial charge is 0.480 e. The van der Waals surface area contributed by atoms with E-state index in [1.165, 1.54) is 6.92 Å². The maximum absolute atomic E-state index is 10.7. The fraction of sp³-hybridized carbons (Fsp3) is 0.800. The maximum Gasteiger partial charge on any atom is 0.328 e. The van der Waals surface area contributed by atoms with Gasteiger partial charge < -0.3 is 15.5 Å². The molecule has 0 saturated heterocycles. The molecule has 0 bridgehead atoms. The number of aliphatic hydroxyl groups excluding tert-OH is 1. The molecule has 0 rings (SSSR count). The Morgan fingerprint density at radius 3 is 2.33 bits per heavy atom. The van der Waals surface area contributed by atoms with E-state index in [1.54, 1.807) is 0 Å². The SMILES string of the molecule is CCCCCC(O)C(NC(C)=O)C(=O)O. The average Bonchev–Trinajstić information content (AvgIpc) is 2.13. The van der Waals surface area contributed by atoms with Crippen LogP contribution in [-0.4, -0.2) is 34.2 Å². The zero-order chi connectivity index (χ0) is 11.8. The predicted molar refractivity (Wildman–Crippen MR) is 55.4 cm³/mol. The Morgan fingerprint density at radius 1 is 1.33 bits per heavy atom. The van der Waals surface area contributed by atoms with Crippen LogP contribution in [0.5, 0.6) is 0 Å². The van der Waals surface area contributed by atoms with E-state index in [0.717, 1.165) is 19.3 Å². The molecular weight excluding hydrogens is 198 g/mol.